The smallest absolute Gasteiger partial charge is 0.257 e. The van der Waals surface area contributed by atoms with E-state index in [1.165, 1.54) is 0 Å². The lowest BCUT2D eigenvalue weighted by Crippen LogP contribution is -2.42. The first-order valence-corrected chi connectivity index (χ1v) is 10.9. The first kappa shape index (κ1) is 20.3. The molecular formula is C22H24N4O3S. The fourth-order valence-electron chi connectivity index (χ4n) is 3.50. The molecule has 3 heterocycles. The van der Waals surface area contributed by atoms with Crippen molar-refractivity contribution in [1.82, 2.24) is 20.0 Å². The van der Waals surface area contributed by atoms with E-state index in [-0.39, 0.29) is 11.8 Å². The molecule has 2 N–H and O–H groups in total. The second-order valence-corrected chi connectivity index (χ2v) is 8.25. The molecule has 1 aromatic carbocycles. The predicted octanol–water partition coefficient (Wildman–Crippen LogP) is 2.39. The number of likely N-dealkylation sites (tertiary alicyclic amines) is 1. The van der Waals surface area contributed by atoms with Crippen LogP contribution in [-0.2, 0) is 17.8 Å². The molecule has 1 fully saturated rings. The van der Waals surface area contributed by atoms with Crippen LogP contribution in [0.4, 0.5) is 0 Å². The molecule has 0 saturated carbocycles. The summed E-state index contributed by atoms with van der Waals surface area (Å²) in [5.74, 6) is -0.111. The van der Waals surface area contributed by atoms with Crippen molar-refractivity contribution in [3.63, 3.8) is 0 Å². The van der Waals surface area contributed by atoms with Crippen molar-refractivity contribution in [2.24, 2.45) is 0 Å². The number of rotatable bonds is 6. The van der Waals surface area contributed by atoms with E-state index in [0.29, 0.717) is 31.6 Å². The van der Waals surface area contributed by atoms with E-state index in [2.05, 4.69) is 10.4 Å². The van der Waals surface area contributed by atoms with Gasteiger partial charge in [0, 0.05) is 25.8 Å². The number of aliphatic hydroxyl groups excluding tert-OH is 1. The second-order valence-electron chi connectivity index (χ2n) is 7.47. The molecule has 1 unspecified atom stereocenters. The molecule has 2 amide bonds. The summed E-state index contributed by atoms with van der Waals surface area (Å²) in [6.07, 6.45) is 4.76. The highest BCUT2D eigenvalue weighted by atomic mass is 32.1. The summed E-state index contributed by atoms with van der Waals surface area (Å²) < 4.78 is 1.66. The molecule has 156 valence electrons. The van der Waals surface area contributed by atoms with E-state index >= 15 is 0 Å². The van der Waals surface area contributed by atoms with Crippen molar-refractivity contribution in [3.05, 3.63) is 70.2 Å². The Bertz CT molecular complexity index is 998. The lowest BCUT2D eigenvalue weighted by molar-refractivity contribution is -0.120. The zero-order valence-electron chi connectivity index (χ0n) is 16.5. The van der Waals surface area contributed by atoms with Gasteiger partial charge in [-0.25, -0.2) is 4.68 Å². The third kappa shape index (κ3) is 4.95. The minimum atomic E-state index is -0.448. The summed E-state index contributed by atoms with van der Waals surface area (Å²) in [6, 6.07) is 9.64. The number of hydrogen-bond donors (Lipinski definition) is 2. The first-order chi connectivity index (χ1) is 14.6. The number of nitrogens with one attached hydrogen (secondary N) is 1. The Kier molecular flexibility index (Phi) is 6.25. The highest BCUT2D eigenvalue weighted by Crippen LogP contribution is 2.15. The third-order valence-corrected chi connectivity index (χ3v) is 5.88. The first-order valence-electron chi connectivity index (χ1n) is 9.97. The second kappa shape index (κ2) is 9.23. The number of carbonyl (C=O) groups is 2. The van der Waals surface area contributed by atoms with E-state index in [4.69, 9.17) is 0 Å². The van der Waals surface area contributed by atoms with Crippen molar-refractivity contribution in [3.8, 4) is 5.69 Å². The third-order valence-electron chi connectivity index (χ3n) is 5.15. The molecular weight excluding hydrogens is 400 g/mol. The van der Waals surface area contributed by atoms with Crippen LogP contribution in [0.5, 0.6) is 0 Å². The molecule has 1 atom stereocenters. The number of aliphatic hydroxyl groups is 1. The average Bonchev–Trinajstić information content (AvgIpc) is 3.44. The molecule has 1 saturated heterocycles. The van der Waals surface area contributed by atoms with Gasteiger partial charge in [0.1, 0.15) is 0 Å². The van der Waals surface area contributed by atoms with E-state index in [1.54, 1.807) is 33.3 Å². The number of benzene rings is 1. The summed E-state index contributed by atoms with van der Waals surface area (Å²) in [7, 11) is 0. The molecule has 0 spiro atoms. The Morgan fingerprint density at radius 1 is 1.20 bits per heavy atom. The fourth-order valence-corrected chi connectivity index (χ4v) is 4.17. The number of aromatic nitrogens is 2. The van der Waals surface area contributed by atoms with Crippen molar-refractivity contribution < 1.29 is 14.7 Å². The van der Waals surface area contributed by atoms with E-state index in [1.807, 2.05) is 41.1 Å². The number of amides is 2. The van der Waals surface area contributed by atoms with Gasteiger partial charge < -0.3 is 15.3 Å². The van der Waals surface area contributed by atoms with Crippen LogP contribution in [-0.4, -0.2) is 50.8 Å². The summed E-state index contributed by atoms with van der Waals surface area (Å²) in [6.45, 7) is 1.49. The van der Waals surface area contributed by atoms with Crippen LogP contribution in [0.25, 0.3) is 5.69 Å². The largest absolute Gasteiger partial charge is 0.391 e. The lowest BCUT2D eigenvalue weighted by Gasteiger charge is -2.29. The standard InChI is InChI=1S/C22H24N4O3S/c27-20-2-1-8-25(14-20)22(29)18-12-24-26(13-18)19-5-3-16(4-6-19)11-23-21(28)10-17-7-9-30-15-17/h3-7,9,12-13,15,20,27H,1-2,8,10-11,14H2,(H,23,28). The van der Waals surface area contributed by atoms with Gasteiger partial charge in [-0.3, -0.25) is 9.59 Å². The van der Waals surface area contributed by atoms with Gasteiger partial charge in [0.15, 0.2) is 0 Å². The summed E-state index contributed by atoms with van der Waals surface area (Å²) in [4.78, 5) is 26.3. The topological polar surface area (TPSA) is 87.5 Å². The van der Waals surface area contributed by atoms with Crippen molar-refractivity contribution in [2.75, 3.05) is 13.1 Å². The molecule has 0 radical (unpaired) electrons. The van der Waals surface area contributed by atoms with Crippen molar-refractivity contribution in [1.29, 1.82) is 0 Å². The number of thiophene rings is 1. The normalized spacial score (nSPS) is 16.4. The average molecular weight is 425 g/mol. The SMILES string of the molecule is O=C(Cc1ccsc1)NCc1ccc(-n2cc(C(=O)N3CCCC(O)C3)cn2)cc1. The maximum atomic E-state index is 12.6. The lowest BCUT2D eigenvalue weighted by atomic mass is 10.1. The molecule has 0 bridgehead atoms. The number of nitrogens with zero attached hydrogens (tertiary/aromatic N) is 3. The molecule has 8 heteroatoms. The van der Waals surface area contributed by atoms with Gasteiger partial charge in [-0.05, 0) is 52.9 Å². The number of β-amino-alcohol motifs (C(OH)–C–C–N with tert-alkyl or cyclic N) is 1. The minimum Gasteiger partial charge on any atom is -0.391 e. The van der Waals surface area contributed by atoms with Crippen LogP contribution in [0.2, 0.25) is 0 Å². The maximum Gasteiger partial charge on any atom is 0.257 e. The van der Waals surface area contributed by atoms with E-state index < -0.39 is 6.10 Å². The Labute approximate surface area is 178 Å². The monoisotopic (exact) mass is 424 g/mol. The van der Waals surface area contributed by atoms with Crippen LogP contribution in [0, 0.1) is 0 Å². The van der Waals surface area contributed by atoms with Gasteiger partial charge in [-0.1, -0.05) is 12.1 Å². The van der Waals surface area contributed by atoms with Crippen molar-refractivity contribution >= 4 is 23.2 Å². The molecule has 2 aromatic heterocycles. The Morgan fingerprint density at radius 3 is 2.77 bits per heavy atom. The summed E-state index contributed by atoms with van der Waals surface area (Å²) >= 11 is 1.58. The highest BCUT2D eigenvalue weighted by molar-refractivity contribution is 7.08. The quantitative estimate of drug-likeness (QED) is 0.636. The Hall–Kier alpha value is -2.97. The van der Waals surface area contributed by atoms with Crippen LogP contribution in [0.1, 0.15) is 34.3 Å². The highest BCUT2D eigenvalue weighted by Gasteiger charge is 2.24. The number of hydrogen-bond acceptors (Lipinski definition) is 5. The maximum absolute atomic E-state index is 12.6. The van der Waals surface area contributed by atoms with Gasteiger partial charge in [0.2, 0.25) is 5.91 Å². The number of piperidine rings is 1. The van der Waals surface area contributed by atoms with Crippen molar-refractivity contribution in [2.45, 2.75) is 31.9 Å². The molecule has 4 rings (SSSR count). The number of carbonyl (C=O) groups excluding carboxylic acids is 2. The van der Waals surface area contributed by atoms with Gasteiger partial charge in [-0.2, -0.15) is 16.4 Å². The van der Waals surface area contributed by atoms with E-state index in [9.17, 15) is 14.7 Å². The minimum absolute atomic E-state index is 0.00413. The fraction of sp³-hybridized carbons (Fsp3) is 0.318. The summed E-state index contributed by atoms with van der Waals surface area (Å²) in [5, 5.41) is 21.0. The van der Waals surface area contributed by atoms with Crippen LogP contribution in [0.3, 0.4) is 0 Å². The molecule has 3 aromatic rings. The van der Waals surface area contributed by atoms with Crippen LogP contribution < -0.4 is 5.32 Å². The van der Waals surface area contributed by atoms with Crippen LogP contribution >= 0.6 is 11.3 Å². The van der Waals surface area contributed by atoms with Crippen LogP contribution in [0.15, 0.2) is 53.5 Å². The molecule has 0 aliphatic carbocycles. The molecule has 7 nitrogen and oxygen atoms in total. The predicted molar refractivity (Wildman–Crippen MR) is 115 cm³/mol. The van der Waals surface area contributed by atoms with Gasteiger partial charge in [-0.15, -0.1) is 0 Å². The van der Waals surface area contributed by atoms with Gasteiger partial charge >= 0.3 is 0 Å². The van der Waals surface area contributed by atoms with E-state index in [0.717, 1.165) is 29.7 Å². The Balaban J connectivity index is 1.34. The zero-order chi connectivity index (χ0) is 20.9. The molecule has 1 aliphatic heterocycles. The van der Waals surface area contributed by atoms with Gasteiger partial charge in [0.05, 0.1) is 30.0 Å². The molecule has 1 aliphatic rings. The van der Waals surface area contributed by atoms with Gasteiger partial charge in [0.25, 0.3) is 5.91 Å². The zero-order valence-corrected chi connectivity index (χ0v) is 17.3. The Morgan fingerprint density at radius 2 is 2.03 bits per heavy atom. The molecule has 30 heavy (non-hydrogen) atoms. The summed E-state index contributed by atoms with van der Waals surface area (Å²) in [5.41, 5.74) is 3.36.